The van der Waals surface area contributed by atoms with Gasteiger partial charge in [0.15, 0.2) is 0 Å². The van der Waals surface area contributed by atoms with E-state index < -0.39 is 0 Å². The van der Waals surface area contributed by atoms with Crippen molar-refractivity contribution in [2.24, 2.45) is 0 Å². The minimum absolute atomic E-state index is 0.109. The van der Waals surface area contributed by atoms with E-state index in [1.165, 1.54) is 5.56 Å². The molecule has 0 radical (unpaired) electrons. The van der Waals surface area contributed by atoms with Crippen molar-refractivity contribution < 1.29 is 14.0 Å². The number of hydrogen-bond acceptors (Lipinski definition) is 2. The molecular formula is C14H22NO2+. The largest absolute Gasteiger partial charge is 0.460 e. The maximum Gasteiger partial charge on any atom is 0.306 e. The molecule has 1 aromatic rings. The van der Waals surface area contributed by atoms with Crippen LogP contribution in [-0.2, 0) is 16.0 Å². The van der Waals surface area contributed by atoms with Crippen LogP contribution in [0.25, 0.3) is 0 Å². The number of carbonyl (C=O) groups is 1. The highest BCUT2D eigenvalue weighted by Crippen LogP contribution is 2.03. The Morgan fingerprint density at radius 1 is 1.18 bits per heavy atom. The summed E-state index contributed by atoms with van der Waals surface area (Å²) in [7, 11) is 6.24. The van der Waals surface area contributed by atoms with Crippen LogP contribution in [0.4, 0.5) is 0 Å². The van der Waals surface area contributed by atoms with Crippen molar-refractivity contribution in [3.63, 3.8) is 0 Å². The van der Waals surface area contributed by atoms with Gasteiger partial charge < -0.3 is 9.22 Å². The molecule has 17 heavy (non-hydrogen) atoms. The minimum Gasteiger partial charge on any atom is -0.460 e. The number of ether oxygens (including phenoxy) is 1. The molecule has 0 aromatic heterocycles. The van der Waals surface area contributed by atoms with Gasteiger partial charge in [-0.15, -0.1) is 0 Å². The van der Waals surface area contributed by atoms with Crippen molar-refractivity contribution in [1.29, 1.82) is 0 Å². The molecule has 0 saturated carbocycles. The normalized spacial score (nSPS) is 11.2. The molecule has 0 N–H and O–H groups in total. The van der Waals surface area contributed by atoms with E-state index in [9.17, 15) is 4.79 Å². The molecule has 0 unspecified atom stereocenters. The SMILES string of the molecule is C[N+](C)(C)CCOC(=O)CCc1ccccc1. The van der Waals surface area contributed by atoms with Crippen molar-refractivity contribution in [2.45, 2.75) is 12.8 Å². The average molecular weight is 236 g/mol. The summed E-state index contributed by atoms with van der Waals surface area (Å²) in [4.78, 5) is 11.5. The Morgan fingerprint density at radius 3 is 2.41 bits per heavy atom. The topological polar surface area (TPSA) is 26.3 Å². The monoisotopic (exact) mass is 236 g/mol. The molecule has 0 amide bonds. The molecule has 3 heteroatoms. The van der Waals surface area contributed by atoms with Crippen molar-refractivity contribution in [3.8, 4) is 0 Å². The van der Waals surface area contributed by atoms with Gasteiger partial charge in [-0.25, -0.2) is 0 Å². The maximum absolute atomic E-state index is 11.5. The van der Waals surface area contributed by atoms with E-state index in [1.807, 2.05) is 30.3 Å². The van der Waals surface area contributed by atoms with E-state index in [4.69, 9.17) is 4.74 Å². The average Bonchev–Trinajstić information content (AvgIpc) is 2.26. The van der Waals surface area contributed by atoms with Gasteiger partial charge in [-0.05, 0) is 12.0 Å². The quantitative estimate of drug-likeness (QED) is 0.557. The number of carbonyl (C=O) groups excluding carboxylic acids is 1. The van der Waals surface area contributed by atoms with Crippen LogP contribution in [0.3, 0.4) is 0 Å². The van der Waals surface area contributed by atoms with Gasteiger partial charge in [0.25, 0.3) is 0 Å². The van der Waals surface area contributed by atoms with E-state index in [0.29, 0.717) is 13.0 Å². The van der Waals surface area contributed by atoms with Gasteiger partial charge in [0.1, 0.15) is 13.2 Å². The highest BCUT2D eigenvalue weighted by molar-refractivity contribution is 5.69. The first-order chi connectivity index (χ1) is 7.97. The summed E-state index contributed by atoms with van der Waals surface area (Å²) in [6, 6.07) is 10.00. The standard InChI is InChI=1S/C14H22NO2/c1-15(2,3)11-12-17-14(16)10-9-13-7-5-4-6-8-13/h4-8H,9-12H2,1-3H3/q+1. The molecule has 0 aliphatic heterocycles. The van der Waals surface area contributed by atoms with Crippen LogP contribution in [0, 0.1) is 0 Å². The second kappa shape index (κ2) is 6.40. The summed E-state index contributed by atoms with van der Waals surface area (Å²) >= 11 is 0. The highest BCUT2D eigenvalue weighted by Gasteiger charge is 2.09. The van der Waals surface area contributed by atoms with Gasteiger partial charge in [0, 0.05) is 6.42 Å². The Kier molecular flexibility index (Phi) is 5.16. The summed E-state index contributed by atoms with van der Waals surface area (Å²) in [6.45, 7) is 1.34. The molecule has 0 saturated heterocycles. The molecule has 0 aliphatic carbocycles. The van der Waals surface area contributed by atoms with Crippen LogP contribution in [0.1, 0.15) is 12.0 Å². The van der Waals surface area contributed by atoms with Crippen LogP contribution in [-0.4, -0.2) is 44.7 Å². The first-order valence-corrected chi connectivity index (χ1v) is 5.97. The van der Waals surface area contributed by atoms with E-state index in [2.05, 4.69) is 21.1 Å². The van der Waals surface area contributed by atoms with Crippen LogP contribution < -0.4 is 0 Å². The lowest BCUT2D eigenvalue weighted by molar-refractivity contribution is -0.870. The Balaban J connectivity index is 2.18. The number of nitrogens with zero attached hydrogens (tertiary/aromatic N) is 1. The van der Waals surface area contributed by atoms with Crippen LogP contribution in [0.5, 0.6) is 0 Å². The fraction of sp³-hybridized carbons (Fsp3) is 0.500. The Labute approximate surface area is 104 Å². The summed E-state index contributed by atoms with van der Waals surface area (Å²) in [5.41, 5.74) is 1.18. The van der Waals surface area contributed by atoms with Crippen molar-refractivity contribution in [3.05, 3.63) is 35.9 Å². The molecule has 1 aromatic carbocycles. The summed E-state index contributed by atoms with van der Waals surface area (Å²) in [5.74, 6) is -0.109. The van der Waals surface area contributed by atoms with Gasteiger partial charge in [-0.1, -0.05) is 30.3 Å². The smallest absolute Gasteiger partial charge is 0.306 e. The third kappa shape index (κ3) is 6.74. The Morgan fingerprint density at radius 2 is 1.82 bits per heavy atom. The molecule has 0 aliphatic rings. The number of rotatable bonds is 6. The first kappa shape index (κ1) is 13.7. The van der Waals surface area contributed by atoms with E-state index in [1.54, 1.807) is 0 Å². The molecule has 3 nitrogen and oxygen atoms in total. The molecule has 0 atom stereocenters. The molecule has 0 fully saturated rings. The fourth-order valence-corrected chi connectivity index (χ4v) is 1.40. The zero-order valence-corrected chi connectivity index (χ0v) is 11.0. The fourth-order valence-electron chi connectivity index (χ4n) is 1.40. The third-order valence-corrected chi connectivity index (χ3v) is 2.49. The Bertz CT molecular complexity index is 341. The number of benzene rings is 1. The number of hydrogen-bond donors (Lipinski definition) is 0. The highest BCUT2D eigenvalue weighted by atomic mass is 16.5. The van der Waals surface area contributed by atoms with E-state index in [0.717, 1.165) is 17.4 Å². The van der Waals surface area contributed by atoms with E-state index in [-0.39, 0.29) is 5.97 Å². The minimum atomic E-state index is -0.109. The zero-order chi connectivity index (χ0) is 12.7. The van der Waals surface area contributed by atoms with Crippen LogP contribution in [0.2, 0.25) is 0 Å². The summed E-state index contributed by atoms with van der Waals surface area (Å²) < 4.78 is 6.00. The van der Waals surface area contributed by atoms with Gasteiger partial charge in [-0.3, -0.25) is 4.79 Å². The number of likely N-dealkylation sites (N-methyl/N-ethyl adjacent to an activating group) is 1. The molecule has 1 rings (SSSR count). The van der Waals surface area contributed by atoms with Gasteiger partial charge in [0.05, 0.1) is 21.1 Å². The lowest BCUT2D eigenvalue weighted by atomic mass is 10.1. The molecular weight excluding hydrogens is 214 g/mol. The van der Waals surface area contributed by atoms with Gasteiger partial charge in [-0.2, -0.15) is 0 Å². The second-order valence-corrected chi connectivity index (χ2v) is 5.22. The predicted octanol–water partition coefficient (Wildman–Crippen LogP) is 1.87. The zero-order valence-electron chi connectivity index (χ0n) is 11.0. The van der Waals surface area contributed by atoms with Crippen molar-refractivity contribution in [1.82, 2.24) is 0 Å². The number of quaternary nitrogens is 1. The maximum atomic E-state index is 11.5. The first-order valence-electron chi connectivity index (χ1n) is 5.97. The predicted molar refractivity (Wildman–Crippen MR) is 68.6 cm³/mol. The lowest BCUT2D eigenvalue weighted by Crippen LogP contribution is -2.38. The summed E-state index contributed by atoms with van der Waals surface area (Å²) in [5, 5.41) is 0. The van der Waals surface area contributed by atoms with E-state index >= 15 is 0 Å². The molecule has 0 bridgehead atoms. The Hall–Kier alpha value is -1.35. The molecule has 94 valence electrons. The number of esters is 1. The van der Waals surface area contributed by atoms with Crippen molar-refractivity contribution in [2.75, 3.05) is 34.3 Å². The van der Waals surface area contributed by atoms with Gasteiger partial charge >= 0.3 is 5.97 Å². The van der Waals surface area contributed by atoms with Crippen LogP contribution >= 0.6 is 0 Å². The third-order valence-electron chi connectivity index (χ3n) is 2.49. The molecule has 0 heterocycles. The van der Waals surface area contributed by atoms with Gasteiger partial charge in [0.2, 0.25) is 0 Å². The van der Waals surface area contributed by atoms with Crippen LogP contribution in [0.15, 0.2) is 30.3 Å². The molecule has 0 spiro atoms. The summed E-state index contributed by atoms with van der Waals surface area (Å²) in [6.07, 6.45) is 1.21. The second-order valence-electron chi connectivity index (χ2n) is 5.22. The van der Waals surface area contributed by atoms with Crippen molar-refractivity contribution >= 4 is 5.97 Å². The number of aryl methyl sites for hydroxylation is 1. The lowest BCUT2D eigenvalue weighted by Gasteiger charge is -2.23.